The van der Waals surface area contributed by atoms with Crippen LogP contribution in [0.15, 0.2) is 30.3 Å². The summed E-state index contributed by atoms with van der Waals surface area (Å²) in [5.41, 5.74) is 6.94. The van der Waals surface area contributed by atoms with Gasteiger partial charge in [-0.2, -0.15) is 0 Å². The smallest absolute Gasteiger partial charge is 0.335 e. The Morgan fingerprint density at radius 3 is 1.75 bits per heavy atom. The van der Waals surface area contributed by atoms with E-state index < -0.39 is 24.1 Å². The topological polar surface area (TPSA) is 141 Å². The molecule has 6 N–H and O–H groups in total. The minimum atomic E-state index is -2.27. The van der Waals surface area contributed by atoms with Crippen molar-refractivity contribution >= 4 is 11.9 Å². The molecule has 0 aliphatic rings. The molecule has 1 aromatic rings. The van der Waals surface area contributed by atoms with Gasteiger partial charge in [-0.05, 0) is 18.9 Å². The molecule has 0 heterocycles. The summed E-state index contributed by atoms with van der Waals surface area (Å²) in [6.07, 6.45) is -3.56. The second-order valence-corrected chi connectivity index (χ2v) is 4.23. The van der Waals surface area contributed by atoms with Crippen LogP contribution in [0.25, 0.3) is 0 Å². The number of rotatable bonds is 5. The van der Waals surface area contributed by atoms with Crippen LogP contribution in [0.2, 0.25) is 0 Å². The van der Waals surface area contributed by atoms with E-state index in [0.29, 0.717) is 0 Å². The highest BCUT2D eigenvalue weighted by Gasteiger charge is 2.29. The molecule has 112 valence electrons. The Balaban J connectivity index is 0.000000361. The second kappa shape index (κ2) is 9.03. The molecule has 0 radical (unpaired) electrons. The zero-order chi connectivity index (χ0) is 15.7. The van der Waals surface area contributed by atoms with Gasteiger partial charge in [0.25, 0.3) is 0 Å². The number of carboxylic acids is 2. The first-order valence-electron chi connectivity index (χ1n) is 5.87. The molecule has 0 amide bonds. The third kappa shape index (κ3) is 7.47. The van der Waals surface area contributed by atoms with Crippen LogP contribution >= 0.6 is 0 Å². The normalized spacial score (nSPS) is 14.4. The number of aliphatic hydroxyl groups excluding tert-OH is 2. The van der Waals surface area contributed by atoms with Crippen molar-refractivity contribution in [1.82, 2.24) is 0 Å². The molecule has 1 aromatic carbocycles. The van der Waals surface area contributed by atoms with Crippen LogP contribution in [0.3, 0.4) is 0 Å². The van der Waals surface area contributed by atoms with Gasteiger partial charge in [-0.3, -0.25) is 0 Å². The molecule has 0 saturated heterocycles. The van der Waals surface area contributed by atoms with Crippen LogP contribution in [0.5, 0.6) is 0 Å². The fourth-order valence-corrected chi connectivity index (χ4v) is 1.26. The maximum absolute atomic E-state index is 9.77. The second-order valence-electron chi connectivity index (χ2n) is 4.23. The molecule has 0 unspecified atom stereocenters. The van der Waals surface area contributed by atoms with E-state index in [2.05, 4.69) is 12.1 Å². The van der Waals surface area contributed by atoms with E-state index in [-0.39, 0.29) is 6.04 Å². The summed E-state index contributed by atoms with van der Waals surface area (Å²) in [6.45, 7) is 2.02. The van der Waals surface area contributed by atoms with Gasteiger partial charge in [0, 0.05) is 6.04 Å². The molecule has 7 heteroatoms. The van der Waals surface area contributed by atoms with Crippen molar-refractivity contribution in [2.45, 2.75) is 31.6 Å². The zero-order valence-corrected chi connectivity index (χ0v) is 11.0. The van der Waals surface area contributed by atoms with Gasteiger partial charge in [-0.1, -0.05) is 30.3 Å². The Hall–Kier alpha value is -1.96. The monoisotopic (exact) mass is 285 g/mol. The van der Waals surface area contributed by atoms with Crippen LogP contribution in [0, 0.1) is 0 Å². The highest BCUT2D eigenvalue weighted by atomic mass is 16.4. The first kappa shape index (κ1) is 18.0. The fourth-order valence-electron chi connectivity index (χ4n) is 1.26. The Morgan fingerprint density at radius 2 is 1.45 bits per heavy atom. The third-order valence-corrected chi connectivity index (χ3v) is 2.21. The lowest BCUT2D eigenvalue weighted by Crippen LogP contribution is -2.39. The summed E-state index contributed by atoms with van der Waals surface area (Å²) in [6, 6.07) is 10.6. The molecule has 0 bridgehead atoms. The molecule has 0 fully saturated rings. The van der Waals surface area contributed by atoms with E-state index in [1.165, 1.54) is 5.56 Å². The fraction of sp³-hybridized carbons (Fsp3) is 0.385. The SMILES string of the molecule is C[C@H](N)Cc1ccccc1.O=C(O)[C@@H](O)[C@H](O)C(=O)O. The third-order valence-electron chi connectivity index (χ3n) is 2.21. The number of hydrogen-bond donors (Lipinski definition) is 5. The highest BCUT2D eigenvalue weighted by Crippen LogP contribution is 2.00. The largest absolute Gasteiger partial charge is 0.479 e. The number of carbonyl (C=O) groups is 2. The highest BCUT2D eigenvalue weighted by molar-refractivity contribution is 5.83. The van der Waals surface area contributed by atoms with E-state index >= 15 is 0 Å². The molecule has 0 spiro atoms. The van der Waals surface area contributed by atoms with Gasteiger partial charge in [0.05, 0.1) is 0 Å². The van der Waals surface area contributed by atoms with E-state index in [1.807, 2.05) is 25.1 Å². The van der Waals surface area contributed by atoms with Crippen molar-refractivity contribution in [3.63, 3.8) is 0 Å². The van der Waals surface area contributed by atoms with Gasteiger partial charge in [0.2, 0.25) is 0 Å². The summed E-state index contributed by atoms with van der Waals surface area (Å²) < 4.78 is 0. The molecule has 0 saturated carbocycles. The number of nitrogens with two attached hydrogens (primary N) is 1. The number of aliphatic hydroxyl groups is 2. The van der Waals surface area contributed by atoms with Crippen molar-refractivity contribution in [1.29, 1.82) is 0 Å². The van der Waals surface area contributed by atoms with Crippen molar-refractivity contribution < 1.29 is 30.0 Å². The van der Waals surface area contributed by atoms with Gasteiger partial charge >= 0.3 is 11.9 Å². The van der Waals surface area contributed by atoms with Crippen LogP contribution in [0.4, 0.5) is 0 Å². The summed E-state index contributed by atoms with van der Waals surface area (Å²) in [7, 11) is 0. The number of aliphatic carboxylic acids is 2. The maximum atomic E-state index is 9.77. The predicted octanol–water partition coefficient (Wildman–Crippen LogP) is -0.546. The average Bonchev–Trinajstić information content (AvgIpc) is 2.38. The molecular weight excluding hydrogens is 266 g/mol. The zero-order valence-electron chi connectivity index (χ0n) is 11.0. The van der Waals surface area contributed by atoms with Crippen LogP contribution in [0.1, 0.15) is 12.5 Å². The molecule has 0 aromatic heterocycles. The molecule has 0 aliphatic heterocycles. The Bertz CT molecular complexity index is 402. The number of carboxylic acid groups (broad SMARTS) is 2. The van der Waals surface area contributed by atoms with Crippen molar-refractivity contribution in [3.05, 3.63) is 35.9 Å². The molecule has 0 aliphatic carbocycles. The molecule has 3 atom stereocenters. The molecule has 1 rings (SSSR count). The van der Waals surface area contributed by atoms with Crippen molar-refractivity contribution in [2.75, 3.05) is 0 Å². The maximum Gasteiger partial charge on any atom is 0.335 e. The summed E-state index contributed by atoms with van der Waals surface area (Å²) in [4.78, 5) is 19.5. The van der Waals surface area contributed by atoms with Crippen molar-refractivity contribution in [2.24, 2.45) is 5.73 Å². The van der Waals surface area contributed by atoms with Gasteiger partial charge < -0.3 is 26.2 Å². The van der Waals surface area contributed by atoms with Crippen LogP contribution in [-0.2, 0) is 16.0 Å². The standard InChI is InChI=1S/C9H13N.C4H6O6/c1-8(10)7-9-5-3-2-4-6-9;5-1(3(7)8)2(6)4(9)10/h2-6,8H,7,10H2,1H3;1-2,5-6H,(H,7,8)(H,9,10)/t8-;1-,2-/m00/s1. The lowest BCUT2D eigenvalue weighted by atomic mass is 10.1. The molecule has 20 heavy (non-hydrogen) atoms. The van der Waals surface area contributed by atoms with Gasteiger partial charge in [0.1, 0.15) is 0 Å². The first-order valence-corrected chi connectivity index (χ1v) is 5.87. The average molecular weight is 285 g/mol. The van der Waals surface area contributed by atoms with E-state index in [1.54, 1.807) is 0 Å². The minimum Gasteiger partial charge on any atom is -0.479 e. The Labute approximate surface area is 116 Å². The van der Waals surface area contributed by atoms with Crippen LogP contribution in [-0.4, -0.2) is 50.6 Å². The number of hydrogen-bond acceptors (Lipinski definition) is 5. The van der Waals surface area contributed by atoms with E-state index in [9.17, 15) is 9.59 Å². The first-order chi connectivity index (χ1) is 9.25. The predicted molar refractivity (Wildman–Crippen MR) is 71.1 cm³/mol. The Morgan fingerprint density at radius 1 is 1.05 bits per heavy atom. The van der Waals surface area contributed by atoms with E-state index in [4.69, 9.17) is 26.2 Å². The molecular formula is C13H19NO6. The lowest BCUT2D eigenvalue weighted by molar-refractivity contribution is -0.165. The summed E-state index contributed by atoms with van der Waals surface area (Å²) in [5.74, 6) is -3.54. The van der Waals surface area contributed by atoms with Gasteiger partial charge in [-0.15, -0.1) is 0 Å². The van der Waals surface area contributed by atoms with E-state index in [0.717, 1.165) is 6.42 Å². The number of benzene rings is 1. The van der Waals surface area contributed by atoms with Crippen molar-refractivity contribution in [3.8, 4) is 0 Å². The van der Waals surface area contributed by atoms with Gasteiger partial charge in [0.15, 0.2) is 12.2 Å². The summed E-state index contributed by atoms with van der Waals surface area (Å²) >= 11 is 0. The Kier molecular flexibility index (Phi) is 8.14. The minimum absolute atomic E-state index is 0.266. The van der Waals surface area contributed by atoms with Crippen LogP contribution < -0.4 is 5.73 Å². The molecule has 7 nitrogen and oxygen atoms in total. The lowest BCUT2D eigenvalue weighted by Gasteiger charge is -2.07. The summed E-state index contributed by atoms with van der Waals surface area (Å²) in [5, 5.41) is 32.5. The van der Waals surface area contributed by atoms with Gasteiger partial charge in [-0.25, -0.2) is 9.59 Å². The quantitative estimate of drug-likeness (QED) is 0.489.